The summed E-state index contributed by atoms with van der Waals surface area (Å²) in [7, 11) is 1.51. The van der Waals surface area contributed by atoms with Crippen molar-refractivity contribution in [3.8, 4) is 11.5 Å². The maximum Gasteiger partial charge on any atom is 0.166 e. The third kappa shape index (κ3) is 2.48. The number of aromatic nitrogens is 1. The van der Waals surface area contributed by atoms with Crippen LogP contribution in [0.1, 0.15) is 11.1 Å². The monoisotopic (exact) mass is 242 g/mol. The molecule has 4 heteroatoms. The van der Waals surface area contributed by atoms with Crippen molar-refractivity contribution in [2.45, 2.75) is 6.92 Å². The summed E-state index contributed by atoms with van der Waals surface area (Å²) in [5.74, 6) is 1.15. The van der Waals surface area contributed by atoms with Gasteiger partial charge in [0.05, 0.1) is 7.11 Å². The van der Waals surface area contributed by atoms with Crippen LogP contribution in [0.15, 0.2) is 41.5 Å². The van der Waals surface area contributed by atoms with Crippen molar-refractivity contribution in [3.63, 3.8) is 0 Å². The largest absolute Gasteiger partial charge is 0.504 e. The Labute approximate surface area is 106 Å². The summed E-state index contributed by atoms with van der Waals surface area (Å²) in [6.07, 6.45) is 3.26. The lowest BCUT2D eigenvalue weighted by atomic mass is 10.2. The van der Waals surface area contributed by atoms with Crippen molar-refractivity contribution < 1.29 is 9.84 Å². The molecule has 0 spiro atoms. The molecule has 0 aliphatic carbocycles. The van der Waals surface area contributed by atoms with Crippen LogP contribution in [0.2, 0.25) is 0 Å². The van der Waals surface area contributed by atoms with Crippen LogP contribution in [0, 0.1) is 6.92 Å². The average molecular weight is 242 g/mol. The number of rotatable bonds is 3. The Morgan fingerprint density at radius 3 is 2.83 bits per heavy atom. The number of methoxy groups -OCH3 is 1. The number of para-hydroxylation sites is 1. The first-order valence-corrected chi connectivity index (χ1v) is 5.54. The Bertz CT molecular complexity index is 580. The van der Waals surface area contributed by atoms with E-state index in [9.17, 15) is 5.11 Å². The first-order valence-electron chi connectivity index (χ1n) is 5.54. The summed E-state index contributed by atoms with van der Waals surface area (Å²) in [4.78, 5) is 8.42. The third-order valence-electron chi connectivity index (χ3n) is 2.56. The van der Waals surface area contributed by atoms with Gasteiger partial charge in [-0.2, -0.15) is 0 Å². The molecule has 1 N–H and O–H groups in total. The lowest BCUT2D eigenvalue weighted by Crippen LogP contribution is -1.88. The molecule has 1 aromatic carbocycles. The van der Waals surface area contributed by atoms with Crippen molar-refractivity contribution in [2.75, 3.05) is 7.11 Å². The van der Waals surface area contributed by atoms with Gasteiger partial charge in [0, 0.05) is 18.0 Å². The van der Waals surface area contributed by atoms with E-state index in [2.05, 4.69) is 9.98 Å². The van der Waals surface area contributed by atoms with Gasteiger partial charge in [0.1, 0.15) is 0 Å². The number of pyridine rings is 1. The predicted octanol–water partition coefficient (Wildman–Crippen LogP) is 2.85. The number of aromatic hydroxyl groups is 1. The van der Waals surface area contributed by atoms with Crippen LogP contribution < -0.4 is 4.74 Å². The number of aliphatic imine (C=N–C) groups is 1. The minimum Gasteiger partial charge on any atom is -0.504 e. The summed E-state index contributed by atoms with van der Waals surface area (Å²) in [5.41, 5.74) is 1.58. The molecule has 0 aliphatic rings. The predicted molar refractivity (Wildman–Crippen MR) is 70.9 cm³/mol. The van der Waals surface area contributed by atoms with Crippen molar-refractivity contribution >= 4 is 12.0 Å². The maximum absolute atomic E-state index is 9.90. The van der Waals surface area contributed by atoms with Gasteiger partial charge >= 0.3 is 0 Å². The number of ether oxygens (including phenoxy) is 1. The van der Waals surface area contributed by atoms with Crippen molar-refractivity contribution in [3.05, 3.63) is 47.7 Å². The summed E-state index contributed by atoms with van der Waals surface area (Å²) in [5, 5.41) is 9.90. The molecule has 92 valence electrons. The quantitative estimate of drug-likeness (QED) is 0.842. The Morgan fingerprint density at radius 2 is 2.11 bits per heavy atom. The number of hydrogen-bond acceptors (Lipinski definition) is 4. The lowest BCUT2D eigenvalue weighted by Gasteiger charge is -2.04. The first kappa shape index (κ1) is 12.1. The smallest absolute Gasteiger partial charge is 0.166 e. The molecule has 1 heterocycles. The minimum absolute atomic E-state index is 0.0809. The highest BCUT2D eigenvalue weighted by Gasteiger charge is 2.05. The zero-order valence-electron chi connectivity index (χ0n) is 10.3. The van der Waals surface area contributed by atoms with Crippen LogP contribution in [-0.4, -0.2) is 23.4 Å². The van der Waals surface area contributed by atoms with Crippen LogP contribution >= 0.6 is 0 Å². The van der Waals surface area contributed by atoms with E-state index in [1.54, 1.807) is 30.6 Å². The highest BCUT2D eigenvalue weighted by molar-refractivity contribution is 5.86. The molecule has 0 atom stereocenters. The molecule has 1 aromatic heterocycles. The summed E-state index contributed by atoms with van der Waals surface area (Å²) in [6.45, 7) is 1.94. The van der Waals surface area contributed by atoms with Gasteiger partial charge in [-0.05, 0) is 30.7 Å². The fourth-order valence-corrected chi connectivity index (χ4v) is 1.55. The van der Waals surface area contributed by atoms with Gasteiger partial charge < -0.3 is 9.84 Å². The molecule has 0 amide bonds. The Hall–Kier alpha value is -2.36. The Kier molecular flexibility index (Phi) is 3.57. The molecule has 0 aliphatic heterocycles. The molecule has 0 bridgehead atoms. The van der Waals surface area contributed by atoms with Crippen molar-refractivity contribution in [1.29, 1.82) is 0 Å². The Balaban J connectivity index is 2.32. The molecule has 0 radical (unpaired) electrons. The molecule has 0 fully saturated rings. The van der Waals surface area contributed by atoms with Gasteiger partial charge in [-0.3, -0.25) is 0 Å². The van der Waals surface area contributed by atoms with Gasteiger partial charge in [0.25, 0.3) is 0 Å². The number of hydrogen-bond donors (Lipinski definition) is 1. The van der Waals surface area contributed by atoms with E-state index in [1.807, 2.05) is 19.1 Å². The summed E-state index contributed by atoms with van der Waals surface area (Å²) >= 11 is 0. The number of benzene rings is 1. The second-order valence-corrected chi connectivity index (χ2v) is 3.80. The average Bonchev–Trinajstić information content (AvgIpc) is 2.39. The molecule has 4 nitrogen and oxygen atoms in total. The second kappa shape index (κ2) is 5.31. The third-order valence-corrected chi connectivity index (χ3v) is 2.56. The molecule has 18 heavy (non-hydrogen) atoms. The van der Waals surface area contributed by atoms with E-state index in [1.165, 1.54) is 7.11 Å². The molecule has 0 saturated heterocycles. The lowest BCUT2D eigenvalue weighted by molar-refractivity contribution is 0.373. The maximum atomic E-state index is 9.90. The summed E-state index contributed by atoms with van der Waals surface area (Å²) in [6, 6.07) is 9.05. The molecule has 2 rings (SSSR count). The van der Waals surface area contributed by atoms with E-state index in [4.69, 9.17) is 4.74 Å². The van der Waals surface area contributed by atoms with Crippen molar-refractivity contribution in [1.82, 2.24) is 4.98 Å². The Morgan fingerprint density at radius 1 is 1.28 bits per heavy atom. The summed E-state index contributed by atoms with van der Waals surface area (Å²) < 4.78 is 5.03. The molecular weight excluding hydrogens is 228 g/mol. The van der Waals surface area contributed by atoms with Crippen LogP contribution in [0.5, 0.6) is 11.5 Å². The van der Waals surface area contributed by atoms with E-state index in [0.717, 1.165) is 5.56 Å². The molecule has 0 saturated carbocycles. The number of nitrogens with zero attached hydrogens (tertiary/aromatic N) is 2. The first-order chi connectivity index (χ1) is 8.72. The molecular formula is C14H14N2O2. The highest BCUT2D eigenvalue weighted by atomic mass is 16.5. The molecule has 0 unspecified atom stereocenters. The van der Waals surface area contributed by atoms with Crippen LogP contribution in [-0.2, 0) is 0 Å². The van der Waals surface area contributed by atoms with Gasteiger partial charge in [0.2, 0.25) is 0 Å². The SMILES string of the molecule is COc1cccc(/C=N/c2ncccc2C)c1O. The van der Waals surface area contributed by atoms with Gasteiger partial charge in [-0.15, -0.1) is 0 Å². The van der Waals surface area contributed by atoms with Crippen LogP contribution in [0.3, 0.4) is 0 Å². The van der Waals surface area contributed by atoms with Crippen molar-refractivity contribution in [2.24, 2.45) is 4.99 Å². The van der Waals surface area contributed by atoms with Crippen LogP contribution in [0.4, 0.5) is 5.82 Å². The van der Waals surface area contributed by atoms with E-state index < -0.39 is 0 Å². The van der Waals surface area contributed by atoms with Gasteiger partial charge in [0.15, 0.2) is 17.3 Å². The van der Waals surface area contributed by atoms with Crippen LogP contribution in [0.25, 0.3) is 0 Å². The fraction of sp³-hybridized carbons (Fsp3) is 0.143. The number of phenols is 1. The van der Waals surface area contributed by atoms with E-state index >= 15 is 0 Å². The van der Waals surface area contributed by atoms with Gasteiger partial charge in [-0.1, -0.05) is 12.1 Å². The van der Waals surface area contributed by atoms with Gasteiger partial charge in [-0.25, -0.2) is 9.98 Å². The number of phenolic OH excluding ortho intramolecular Hbond substituents is 1. The zero-order valence-corrected chi connectivity index (χ0v) is 10.3. The minimum atomic E-state index is 0.0809. The van der Waals surface area contributed by atoms with E-state index in [0.29, 0.717) is 17.1 Å². The highest BCUT2D eigenvalue weighted by Crippen LogP contribution is 2.28. The number of aryl methyl sites for hydroxylation is 1. The second-order valence-electron chi connectivity index (χ2n) is 3.80. The van der Waals surface area contributed by atoms with E-state index in [-0.39, 0.29) is 5.75 Å². The fourth-order valence-electron chi connectivity index (χ4n) is 1.55. The molecule has 2 aromatic rings. The zero-order chi connectivity index (χ0) is 13.0. The normalized spacial score (nSPS) is 10.8. The standard InChI is InChI=1S/C14H14N2O2/c1-10-5-4-8-15-14(10)16-9-11-6-3-7-12(18-2)13(11)17/h3-9,17H,1-2H3/b16-9+. The topological polar surface area (TPSA) is 54.7 Å².